The number of carbonyl (C=O) groups excluding carboxylic acids is 3. The van der Waals surface area contributed by atoms with Crippen molar-refractivity contribution in [2.24, 2.45) is 5.10 Å². The lowest BCUT2D eigenvalue weighted by molar-refractivity contribution is -0.114. The summed E-state index contributed by atoms with van der Waals surface area (Å²) in [6.07, 6.45) is 2.65. The number of aldehydes is 1. The minimum atomic E-state index is -0.413. The van der Waals surface area contributed by atoms with Crippen molar-refractivity contribution in [1.29, 1.82) is 0 Å². The number of nitrogens with one attached hydrogen (secondary N) is 2. The summed E-state index contributed by atoms with van der Waals surface area (Å²) >= 11 is 8.06. The maximum absolute atomic E-state index is 13.2. The van der Waals surface area contributed by atoms with Gasteiger partial charge in [0.1, 0.15) is 6.29 Å². The van der Waals surface area contributed by atoms with Crippen LogP contribution in [0.25, 0.3) is 5.70 Å². The quantitative estimate of drug-likeness (QED) is 0.120. The molecule has 0 aliphatic heterocycles. The van der Waals surface area contributed by atoms with Crippen LogP contribution in [0.1, 0.15) is 48.2 Å². The van der Waals surface area contributed by atoms with Crippen molar-refractivity contribution in [1.82, 2.24) is 0 Å². The fraction of sp³-hybridized carbons (Fsp3) is 0.200. The Labute approximate surface area is 237 Å². The first-order chi connectivity index (χ1) is 18.8. The van der Waals surface area contributed by atoms with Crippen molar-refractivity contribution >= 4 is 70.9 Å². The van der Waals surface area contributed by atoms with Gasteiger partial charge in [-0.1, -0.05) is 24.6 Å². The normalized spacial score (nSPS) is 12.4. The van der Waals surface area contributed by atoms with Gasteiger partial charge in [0, 0.05) is 41.9 Å². The molecule has 0 fully saturated rings. The Bertz CT molecular complexity index is 1450. The predicted octanol–water partition coefficient (Wildman–Crippen LogP) is 7.03. The molecule has 7 nitrogen and oxygen atoms in total. The van der Waals surface area contributed by atoms with Gasteiger partial charge < -0.3 is 15.4 Å². The maximum atomic E-state index is 13.2. The second kappa shape index (κ2) is 12.8. The van der Waals surface area contributed by atoms with Crippen molar-refractivity contribution in [3.63, 3.8) is 0 Å². The zero-order chi connectivity index (χ0) is 27.9. The summed E-state index contributed by atoms with van der Waals surface area (Å²) in [6.45, 7) is 7.32. The Kier molecular flexibility index (Phi) is 9.22. The van der Waals surface area contributed by atoms with Crippen molar-refractivity contribution in [3.05, 3.63) is 87.9 Å². The first-order valence-electron chi connectivity index (χ1n) is 12.5. The predicted molar refractivity (Wildman–Crippen MR) is 161 cm³/mol. The van der Waals surface area contributed by atoms with E-state index >= 15 is 0 Å². The number of aryl methyl sites for hydroxylation is 1. The molecule has 4 rings (SSSR count). The molecule has 0 bridgehead atoms. The third kappa shape index (κ3) is 6.58. The lowest BCUT2D eigenvalue weighted by atomic mass is 9.87. The molecule has 9 heteroatoms. The van der Waals surface area contributed by atoms with Gasteiger partial charge >= 0.3 is 0 Å². The fourth-order valence-corrected chi connectivity index (χ4v) is 5.43. The zero-order valence-electron chi connectivity index (χ0n) is 21.8. The monoisotopic (exact) mass is 560 g/mol. The van der Waals surface area contributed by atoms with Crippen molar-refractivity contribution in [3.8, 4) is 0 Å². The number of halogens is 1. The van der Waals surface area contributed by atoms with Gasteiger partial charge in [-0.25, -0.2) is 5.01 Å². The van der Waals surface area contributed by atoms with Crippen molar-refractivity contribution < 1.29 is 14.4 Å². The van der Waals surface area contributed by atoms with E-state index in [0.29, 0.717) is 17.8 Å². The third-order valence-corrected chi connectivity index (χ3v) is 7.48. The summed E-state index contributed by atoms with van der Waals surface area (Å²) in [5.74, 6) is 0.314. The van der Waals surface area contributed by atoms with Crippen LogP contribution >= 0.6 is 23.4 Å². The largest absolute Gasteiger partial charge is 0.326 e. The molecule has 39 heavy (non-hydrogen) atoms. The van der Waals surface area contributed by atoms with Crippen LogP contribution in [-0.2, 0) is 16.0 Å². The molecule has 0 aromatic heterocycles. The summed E-state index contributed by atoms with van der Waals surface area (Å²) in [5.41, 5.74) is 5.78. The summed E-state index contributed by atoms with van der Waals surface area (Å²) in [7, 11) is 0. The molecule has 1 aliphatic rings. The summed E-state index contributed by atoms with van der Waals surface area (Å²) < 4.78 is 0. The molecule has 0 atom stereocenters. The smallest absolute Gasteiger partial charge is 0.257 e. The van der Waals surface area contributed by atoms with Crippen LogP contribution in [0.2, 0.25) is 5.02 Å². The fourth-order valence-electron chi connectivity index (χ4n) is 4.56. The number of amides is 2. The molecule has 200 valence electrons. The van der Waals surface area contributed by atoms with E-state index in [1.165, 1.54) is 13.0 Å². The number of hydrogen-bond donors (Lipinski definition) is 2. The highest BCUT2D eigenvalue weighted by Crippen LogP contribution is 2.39. The van der Waals surface area contributed by atoms with Gasteiger partial charge in [-0.3, -0.25) is 9.59 Å². The first-order valence-corrected chi connectivity index (χ1v) is 13.9. The topological polar surface area (TPSA) is 90.9 Å². The Morgan fingerprint density at radius 3 is 2.44 bits per heavy atom. The lowest BCUT2D eigenvalue weighted by Crippen LogP contribution is -2.21. The third-order valence-electron chi connectivity index (χ3n) is 6.26. The number of fused-ring (bicyclic) bond motifs is 1. The van der Waals surface area contributed by atoms with Gasteiger partial charge in [-0.2, -0.15) is 5.10 Å². The molecule has 3 aromatic rings. The first kappa shape index (κ1) is 28.1. The van der Waals surface area contributed by atoms with E-state index in [1.54, 1.807) is 28.9 Å². The van der Waals surface area contributed by atoms with Crippen LogP contribution in [-0.4, -0.2) is 30.6 Å². The number of rotatable bonds is 10. The highest BCUT2D eigenvalue weighted by molar-refractivity contribution is 7.99. The molecule has 0 unspecified atom stereocenters. The average molecular weight is 561 g/mol. The van der Waals surface area contributed by atoms with Crippen LogP contribution < -0.4 is 15.6 Å². The van der Waals surface area contributed by atoms with Crippen molar-refractivity contribution in [2.45, 2.75) is 38.0 Å². The van der Waals surface area contributed by atoms with Crippen molar-refractivity contribution in [2.75, 3.05) is 21.4 Å². The molecular weight excluding hydrogens is 532 g/mol. The molecule has 0 heterocycles. The van der Waals surface area contributed by atoms with E-state index in [0.717, 1.165) is 51.4 Å². The second-order valence-corrected chi connectivity index (χ2v) is 10.6. The van der Waals surface area contributed by atoms with E-state index in [4.69, 9.17) is 11.6 Å². The van der Waals surface area contributed by atoms with Crippen LogP contribution in [0.15, 0.2) is 76.2 Å². The molecule has 3 aromatic carbocycles. The van der Waals surface area contributed by atoms with Gasteiger partial charge in [-0.05, 0) is 84.3 Å². The number of carbonyl (C=O) groups is 3. The Balaban J connectivity index is 1.70. The van der Waals surface area contributed by atoms with E-state index < -0.39 is 5.91 Å². The minimum absolute atomic E-state index is 0.234. The SMILES string of the molecule is C=NN(C1=C(CC=O)CCc2ccc(NC(=O)c3cc(NC(C)=O)ccc3Cl)cc21)c1ccc(SCC)cc1. The van der Waals surface area contributed by atoms with Gasteiger partial charge in [0.25, 0.3) is 5.91 Å². The number of hydrogen-bond acceptors (Lipinski definition) is 6. The Morgan fingerprint density at radius 2 is 1.77 bits per heavy atom. The highest BCUT2D eigenvalue weighted by Gasteiger charge is 2.25. The molecule has 0 spiro atoms. The standard InChI is InChI=1S/C30H29ClN4O3S/c1-4-39-25-12-10-24(11-13-25)35(32-3)29-21(15-16-36)6-5-20-7-8-23(17-26(20)29)34-30(38)27-18-22(33-19(2)37)9-14-28(27)31/h7-14,16-18H,3-6,15H2,1-2H3,(H,33,37)(H,34,38). The second-order valence-electron chi connectivity index (χ2n) is 8.90. The summed E-state index contributed by atoms with van der Waals surface area (Å²) in [4.78, 5) is 37.4. The number of nitrogens with zero attached hydrogens (tertiary/aromatic N) is 2. The molecule has 2 amide bonds. The van der Waals surface area contributed by atoms with Crippen LogP contribution in [0.5, 0.6) is 0 Å². The Morgan fingerprint density at radius 1 is 1.05 bits per heavy atom. The maximum Gasteiger partial charge on any atom is 0.257 e. The van der Waals surface area contributed by atoms with Crippen LogP contribution in [0, 0.1) is 0 Å². The molecular formula is C30H29ClN4O3S. The van der Waals surface area contributed by atoms with Crippen LogP contribution in [0.4, 0.5) is 17.1 Å². The zero-order valence-corrected chi connectivity index (χ0v) is 23.4. The van der Waals surface area contributed by atoms with Gasteiger partial charge in [-0.15, -0.1) is 11.8 Å². The lowest BCUT2D eigenvalue weighted by Gasteiger charge is -2.30. The number of anilines is 3. The van der Waals surface area contributed by atoms with E-state index in [9.17, 15) is 14.4 Å². The number of hydrazone groups is 1. The Hall–Kier alpha value is -3.88. The van der Waals surface area contributed by atoms with Gasteiger partial charge in [0.05, 0.1) is 22.0 Å². The van der Waals surface area contributed by atoms with E-state index in [-0.39, 0.29) is 22.9 Å². The highest BCUT2D eigenvalue weighted by atomic mass is 35.5. The average Bonchev–Trinajstić information content (AvgIpc) is 2.92. The molecule has 0 saturated carbocycles. The van der Waals surface area contributed by atoms with Gasteiger partial charge in [0.2, 0.25) is 5.91 Å². The number of benzene rings is 3. The molecule has 1 aliphatic carbocycles. The minimum Gasteiger partial charge on any atom is -0.326 e. The number of thioether (sulfide) groups is 1. The summed E-state index contributed by atoms with van der Waals surface area (Å²) in [5, 5.41) is 11.9. The molecule has 0 radical (unpaired) electrons. The number of allylic oxidation sites excluding steroid dienone is 1. The van der Waals surface area contributed by atoms with E-state index in [1.807, 2.05) is 42.5 Å². The summed E-state index contributed by atoms with van der Waals surface area (Å²) in [6, 6.07) is 18.5. The van der Waals surface area contributed by atoms with Crippen LogP contribution in [0.3, 0.4) is 0 Å². The molecule has 0 saturated heterocycles. The van der Waals surface area contributed by atoms with Gasteiger partial charge in [0.15, 0.2) is 0 Å². The van der Waals surface area contributed by atoms with E-state index in [2.05, 4.69) is 29.4 Å². The molecule has 2 N–H and O–H groups in total.